The van der Waals surface area contributed by atoms with E-state index in [9.17, 15) is 0 Å². The fourth-order valence-corrected chi connectivity index (χ4v) is 4.14. The number of aliphatic imine (C=N–C) groups is 1. The van der Waals surface area contributed by atoms with Crippen LogP contribution in [-0.4, -0.2) is 25.9 Å². The van der Waals surface area contributed by atoms with Crippen LogP contribution in [0.1, 0.15) is 37.3 Å². The highest BCUT2D eigenvalue weighted by molar-refractivity contribution is 6.33. The van der Waals surface area contributed by atoms with Crippen molar-refractivity contribution >= 4 is 29.2 Å². The molecule has 0 spiro atoms. The maximum Gasteiger partial charge on any atom is 0.161 e. The number of piperidine rings is 1. The third kappa shape index (κ3) is 5.83. The van der Waals surface area contributed by atoms with E-state index in [0.29, 0.717) is 19.0 Å². The van der Waals surface area contributed by atoms with Gasteiger partial charge in [0.05, 0.1) is 23.0 Å². The van der Waals surface area contributed by atoms with Crippen molar-refractivity contribution in [1.29, 1.82) is 0 Å². The molecule has 1 heterocycles. The number of nitrogens with zero attached hydrogens (tertiary/aromatic N) is 2. The SMILES string of the molecule is CCOc1cc(C=Nc2ccc(N3CCCCC3)c(Cl)c2)ccc1OCc1ccccc1. The monoisotopic (exact) mass is 448 g/mol. The van der Waals surface area contributed by atoms with Crippen molar-refractivity contribution in [1.82, 2.24) is 0 Å². The number of hydrogen-bond donors (Lipinski definition) is 0. The topological polar surface area (TPSA) is 34.1 Å². The lowest BCUT2D eigenvalue weighted by atomic mass is 10.1. The minimum absolute atomic E-state index is 0.496. The summed E-state index contributed by atoms with van der Waals surface area (Å²) in [7, 11) is 0. The largest absolute Gasteiger partial charge is 0.490 e. The average molecular weight is 449 g/mol. The van der Waals surface area contributed by atoms with Crippen LogP contribution in [-0.2, 0) is 6.61 Å². The second-order valence-electron chi connectivity index (χ2n) is 7.86. The van der Waals surface area contributed by atoms with Crippen LogP contribution in [0.15, 0.2) is 71.7 Å². The minimum atomic E-state index is 0.496. The first-order valence-electron chi connectivity index (χ1n) is 11.2. The normalized spacial score (nSPS) is 14.0. The second kappa shape index (κ2) is 11.1. The zero-order valence-corrected chi connectivity index (χ0v) is 19.2. The second-order valence-corrected chi connectivity index (χ2v) is 8.26. The van der Waals surface area contributed by atoms with E-state index in [2.05, 4.69) is 16.0 Å². The fraction of sp³-hybridized carbons (Fsp3) is 0.296. The van der Waals surface area contributed by atoms with Gasteiger partial charge in [0.2, 0.25) is 0 Å². The maximum atomic E-state index is 6.56. The first kappa shape index (κ1) is 22.2. The van der Waals surface area contributed by atoms with Crippen LogP contribution in [0, 0.1) is 0 Å². The third-order valence-corrected chi connectivity index (χ3v) is 5.80. The van der Waals surface area contributed by atoms with Gasteiger partial charge in [-0.15, -0.1) is 0 Å². The molecule has 0 saturated carbocycles. The molecule has 4 nitrogen and oxygen atoms in total. The predicted molar refractivity (Wildman–Crippen MR) is 133 cm³/mol. The van der Waals surface area contributed by atoms with Gasteiger partial charge < -0.3 is 14.4 Å². The maximum absolute atomic E-state index is 6.56. The van der Waals surface area contributed by atoms with Crippen LogP contribution < -0.4 is 14.4 Å². The van der Waals surface area contributed by atoms with Crippen molar-refractivity contribution in [3.8, 4) is 11.5 Å². The number of hydrogen-bond acceptors (Lipinski definition) is 4. The summed E-state index contributed by atoms with van der Waals surface area (Å²) in [5.74, 6) is 1.44. The molecule has 3 aromatic carbocycles. The summed E-state index contributed by atoms with van der Waals surface area (Å²) in [4.78, 5) is 6.99. The van der Waals surface area contributed by atoms with Crippen LogP contribution in [0.2, 0.25) is 5.02 Å². The molecule has 0 atom stereocenters. The van der Waals surface area contributed by atoms with E-state index in [4.69, 9.17) is 21.1 Å². The molecule has 32 heavy (non-hydrogen) atoms. The van der Waals surface area contributed by atoms with Gasteiger partial charge in [-0.1, -0.05) is 41.9 Å². The minimum Gasteiger partial charge on any atom is -0.490 e. The van der Waals surface area contributed by atoms with Crippen molar-refractivity contribution in [2.45, 2.75) is 32.8 Å². The Kier molecular flexibility index (Phi) is 7.68. The molecule has 166 valence electrons. The van der Waals surface area contributed by atoms with Crippen molar-refractivity contribution in [3.05, 3.63) is 82.9 Å². The Morgan fingerprint density at radius 1 is 0.906 bits per heavy atom. The quantitative estimate of drug-likeness (QED) is 0.346. The summed E-state index contributed by atoms with van der Waals surface area (Å²) in [6.07, 6.45) is 5.58. The lowest BCUT2D eigenvalue weighted by Crippen LogP contribution is -2.29. The first-order valence-corrected chi connectivity index (χ1v) is 11.6. The molecule has 0 aromatic heterocycles. The van der Waals surface area contributed by atoms with Gasteiger partial charge in [-0.2, -0.15) is 0 Å². The molecule has 0 bridgehead atoms. The van der Waals surface area contributed by atoms with Gasteiger partial charge in [-0.05, 0) is 73.7 Å². The Bertz CT molecular complexity index is 1050. The van der Waals surface area contributed by atoms with Crippen LogP contribution >= 0.6 is 11.6 Å². The molecule has 1 aliphatic rings. The molecule has 0 N–H and O–H groups in total. The van der Waals surface area contributed by atoms with Gasteiger partial charge in [0.1, 0.15) is 6.61 Å². The number of rotatable bonds is 8. The van der Waals surface area contributed by atoms with E-state index in [0.717, 1.165) is 46.4 Å². The Morgan fingerprint density at radius 2 is 1.72 bits per heavy atom. The van der Waals surface area contributed by atoms with Crippen LogP contribution in [0.3, 0.4) is 0 Å². The van der Waals surface area contributed by atoms with Gasteiger partial charge in [0, 0.05) is 19.3 Å². The van der Waals surface area contributed by atoms with Crippen molar-refractivity contribution in [2.75, 3.05) is 24.6 Å². The van der Waals surface area contributed by atoms with Crippen molar-refractivity contribution in [2.24, 2.45) is 4.99 Å². The van der Waals surface area contributed by atoms with E-state index in [1.807, 2.05) is 73.8 Å². The molecule has 4 rings (SSSR count). The third-order valence-electron chi connectivity index (χ3n) is 5.50. The summed E-state index contributed by atoms with van der Waals surface area (Å²) in [6, 6.07) is 22.0. The van der Waals surface area contributed by atoms with Gasteiger partial charge in [-0.25, -0.2) is 0 Å². The van der Waals surface area contributed by atoms with Crippen molar-refractivity contribution in [3.63, 3.8) is 0 Å². The van der Waals surface area contributed by atoms with E-state index in [1.165, 1.54) is 19.3 Å². The Morgan fingerprint density at radius 3 is 2.47 bits per heavy atom. The van der Waals surface area contributed by atoms with Crippen LogP contribution in [0.4, 0.5) is 11.4 Å². The van der Waals surface area contributed by atoms with E-state index >= 15 is 0 Å². The van der Waals surface area contributed by atoms with E-state index in [-0.39, 0.29) is 0 Å². The summed E-state index contributed by atoms with van der Waals surface area (Å²) in [5, 5.41) is 0.751. The molecule has 1 aliphatic heterocycles. The fourth-order valence-electron chi connectivity index (χ4n) is 3.84. The first-order chi connectivity index (χ1) is 15.7. The molecule has 1 saturated heterocycles. The zero-order chi connectivity index (χ0) is 22.2. The highest BCUT2D eigenvalue weighted by Gasteiger charge is 2.14. The summed E-state index contributed by atoms with van der Waals surface area (Å²) in [5.41, 5.74) is 3.99. The van der Waals surface area contributed by atoms with E-state index < -0.39 is 0 Å². The van der Waals surface area contributed by atoms with E-state index in [1.54, 1.807) is 0 Å². The summed E-state index contributed by atoms with van der Waals surface area (Å²) in [6.45, 7) is 5.17. The number of halogens is 1. The Balaban J connectivity index is 1.46. The number of benzene rings is 3. The van der Waals surface area contributed by atoms with Gasteiger partial charge >= 0.3 is 0 Å². The Labute approximate surface area is 195 Å². The smallest absolute Gasteiger partial charge is 0.161 e. The molecule has 0 unspecified atom stereocenters. The molecule has 0 aliphatic carbocycles. The van der Waals surface area contributed by atoms with Gasteiger partial charge in [0.15, 0.2) is 11.5 Å². The van der Waals surface area contributed by atoms with Gasteiger partial charge in [0.25, 0.3) is 0 Å². The molecule has 0 radical (unpaired) electrons. The van der Waals surface area contributed by atoms with Crippen LogP contribution in [0.25, 0.3) is 0 Å². The van der Waals surface area contributed by atoms with Gasteiger partial charge in [-0.3, -0.25) is 4.99 Å². The van der Waals surface area contributed by atoms with Crippen LogP contribution in [0.5, 0.6) is 11.5 Å². The average Bonchev–Trinajstić information content (AvgIpc) is 2.83. The highest BCUT2D eigenvalue weighted by Crippen LogP contribution is 2.32. The molecule has 0 amide bonds. The lowest BCUT2D eigenvalue weighted by Gasteiger charge is -2.29. The molecular formula is C27H29ClN2O2. The summed E-state index contributed by atoms with van der Waals surface area (Å²) < 4.78 is 11.8. The lowest BCUT2D eigenvalue weighted by molar-refractivity contribution is 0.269. The van der Waals surface area contributed by atoms with Crippen molar-refractivity contribution < 1.29 is 9.47 Å². The Hall–Kier alpha value is -2.98. The molecule has 3 aromatic rings. The number of ether oxygens (including phenoxy) is 2. The highest BCUT2D eigenvalue weighted by atomic mass is 35.5. The number of anilines is 1. The summed E-state index contributed by atoms with van der Waals surface area (Å²) >= 11 is 6.56. The molecular weight excluding hydrogens is 420 g/mol. The predicted octanol–water partition coefficient (Wildman–Crippen LogP) is 7.06. The zero-order valence-electron chi connectivity index (χ0n) is 18.5. The standard InChI is InChI=1S/C27H29ClN2O2/c1-2-31-27-17-22(11-14-26(27)32-20-21-9-5-3-6-10-21)19-29-23-12-13-25(24(28)18-23)30-15-7-4-8-16-30/h3,5-6,9-14,17-19H,2,4,7-8,15-16,20H2,1H3. The molecule has 1 fully saturated rings. The molecule has 5 heteroatoms.